The van der Waals surface area contributed by atoms with Crippen LogP contribution in [-0.4, -0.2) is 50.6 Å². The van der Waals surface area contributed by atoms with Crippen molar-refractivity contribution in [1.82, 2.24) is 4.98 Å². The standard InChI is InChI=1S/C20H29N7O2S/c1-20(2,3)16-12-30-19(23-16)27-18(22)26(17(21)24-27)14-6-5-13(11-15(14)28-4)25-7-9-29-10-8-25/h5-6,11-12,18H,7-10,22H2,1-4H3,(H2,21,24). The van der Waals surface area contributed by atoms with Gasteiger partial charge in [0.15, 0.2) is 6.29 Å². The minimum Gasteiger partial charge on any atom is -0.494 e. The molecule has 2 aliphatic heterocycles. The van der Waals surface area contributed by atoms with E-state index in [1.807, 2.05) is 23.6 Å². The van der Waals surface area contributed by atoms with Crippen LogP contribution in [0.1, 0.15) is 26.5 Å². The van der Waals surface area contributed by atoms with Gasteiger partial charge in [-0.25, -0.2) is 4.98 Å². The maximum absolute atomic E-state index is 6.54. The van der Waals surface area contributed by atoms with Crippen LogP contribution in [0.5, 0.6) is 5.75 Å². The fourth-order valence-corrected chi connectivity index (χ4v) is 4.51. The number of ether oxygens (including phenoxy) is 2. The third-order valence-corrected chi connectivity index (χ3v) is 6.06. The maximum Gasteiger partial charge on any atom is 0.222 e. The summed E-state index contributed by atoms with van der Waals surface area (Å²) in [5, 5.41) is 8.88. The lowest BCUT2D eigenvalue weighted by Gasteiger charge is -2.31. The molecule has 10 heteroatoms. The van der Waals surface area contributed by atoms with Crippen LogP contribution in [0.15, 0.2) is 28.7 Å². The van der Waals surface area contributed by atoms with Gasteiger partial charge in [0.2, 0.25) is 11.1 Å². The molecular weight excluding hydrogens is 402 g/mol. The fraction of sp³-hybridized carbons (Fsp3) is 0.500. The minimum absolute atomic E-state index is 0.0495. The Kier molecular flexibility index (Phi) is 5.48. The normalized spacial score (nSPS) is 20.0. The molecule has 30 heavy (non-hydrogen) atoms. The molecule has 1 unspecified atom stereocenters. The smallest absolute Gasteiger partial charge is 0.222 e. The zero-order valence-electron chi connectivity index (χ0n) is 17.8. The van der Waals surface area contributed by atoms with E-state index in [-0.39, 0.29) is 5.41 Å². The molecule has 0 amide bonds. The molecule has 0 bridgehead atoms. The molecule has 1 aromatic heterocycles. The van der Waals surface area contributed by atoms with E-state index in [0.717, 1.165) is 43.4 Å². The molecule has 4 N–H and O–H groups in total. The second-order valence-corrected chi connectivity index (χ2v) is 9.14. The number of benzene rings is 1. The Morgan fingerprint density at radius 3 is 2.60 bits per heavy atom. The average Bonchev–Trinajstić information content (AvgIpc) is 3.33. The largest absolute Gasteiger partial charge is 0.494 e. The zero-order valence-corrected chi connectivity index (χ0v) is 18.6. The van der Waals surface area contributed by atoms with Gasteiger partial charge in [0, 0.05) is 35.6 Å². The van der Waals surface area contributed by atoms with Crippen LogP contribution in [0.4, 0.5) is 16.5 Å². The number of thiazole rings is 1. The van der Waals surface area contributed by atoms with E-state index in [1.165, 1.54) is 11.3 Å². The van der Waals surface area contributed by atoms with Crippen LogP contribution in [-0.2, 0) is 10.2 Å². The van der Waals surface area contributed by atoms with Gasteiger partial charge in [-0.15, -0.1) is 16.4 Å². The molecule has 9 nitrogen and oxygen atoms in total. The molecule has 0 spiro atoms. The maximum atomic E-state index is 6.54. The van der Waals surface area contributed by atoms with Crippen molar-refractivity contribution < 1.29 is 9.47 Å². The van der Waals surface area contributed by atoms with E-state index in [1.54, 1.807) is 17.0 Å². The SMILES string of the molecule is COc1cc(N2CCOCC2)ccc1N1C(N)=NN(c2nc(C(C)(C)C)cs2)C1N. The summed E-state index contributed by atoms with van der Waals surface area (Å²) in [5.74, 6) is 0.983. The number of nitrogens with two attached hydrogens (primary N) is 2. The van der Waals surface area contributed by atoms with Crippen molar-refractivity contribution in [2.24, 2.45) is 16.6 Å². The van der Waals surface area contributed by atoms with Gasteiger partial charge in [0.25, 0.3) is 0 Å². The van der Waals surface area contributed by atoms with Crippen molar-refractivity contribution in [3.8, 4) is 5.75 Å². The van der Waals surface area contributed by atoms with Crippen molar-refractivity contribution in [2.75, 3.05) is 48.2 Å². The molecule has 4 rings (SSSR count). The summed E-state index contributed by atoms with van der Waals surface area (Å²) in [6.07, 6.45) is -0.618. The molecule has 162 valence electrons. The number of morpholine rings is 1. The highest BCUT2D eigenvalue weighted by molar-refractivity contribution is 7.13. The molecule has 3 heterocycles. The number of aromatic nitrogens is 1. The lowest BCUT2D eigenvalue weighted by molar-refractivity contribution is 0.122. The third kappa shape index (κ3) is 3.78. The number of methoxy groups -OCH3 is 1. The summed E-state index contributed by atoms with van der Waals surface area (Å²) in [6, 6.07) is 6.02. The number of hydrogen-bond acceptors (Lipinski definition) is 10. The van der Waals surface area contributed by atoms with Crippen LogP contribution in [0.25, 0.3) is 0 Å². The van der Waals surface area contributed by atoms with E-state index in [4.69, 9.17) is 25.9 Å². The summed E-state index contributed by atoms with van der Waals surface area (Å²) >= 11 is 1.50. The summed E-state index contributed by atoms with van der Waals surface area (Å²) in [7, 11) is 1.64. The molecule has 2 aliphatic rings. The highest BCUT2D eigenvalue weighted by Gasteiger charge is 2.36. The van der Waals surface area contributed by atoms with E-state index < -0.39 is 6.29 Å². The molecule has 0 aliphatic carbocycles. The Morgan fingerprint density at radius 1 is 1.23 bits per heavy atom. The van der Waals surface area contributed by atoms with Crippen molar-refractivity contribution in [3.63, 3.8) is 0 Å². The molecule has 2 aromatic rings. The van der Waals surface area contributed by atoms with Crippen molar-refractivity contribution in [1.29, 1.82) is 0 Å². The molecule has 1 atom stereocenters. The number of rotatable bonds is 4. The van der Waals surface area contributed by atoms with Crippen molar-refractivity contribution in [2.45, 2.75) is 32.5 Å². The fourth-order valence-electron chi connectivity index (χ4n) is 3.48. The summed E-state index contributed by atoms with van der Waals surface area (Å²) in [5.41, 5.74) is 15.6. The van der Waals surface area contributed by atoms with Crippen molar-refractivity contribution in [3.05, 3.63) is 29.3 Å². The van der Waals surface area contributed by atoms with E-state index in [9.17, 15) is 0 Å². The predicted octanol–water partition coefficient (Wildman–Crippen LogP) is 2.08. The van der Waals surface area contributed by atoms with Gasteiger partial charge in [-0.05, 0) is 12.1 Å². The monoisotopic (exact) mass is 431 g/mol. The van der Waals surface area contributed by atoms with Gasteiger partial charge in [-0.3, -0.25) is 10.6 Å². The summed E-state index contributed by atoms with van der Waals surface area (Å²) < 4.78 is 11.1. The summed E-state index contributed by atoms with van der Waals surface area (Å²) in [6.45, 7) is 9.52. The van der Waals surface area contributed by atoms with E-state index >= 15 is 0 Å². The highest BCUT2D eigenvalue weighted by Crippen LogP contribution is 2.37. The first-order valence-electron chi connectivity index (χ1n) is 9.94. The van der Waals surface area contributed by atoms with Gasteiger partial charge >= 0.3 is 0 Å². The van der Waals surface area contributed by atoms with Crippen LogP contribution in [0, 0.1) is 0 Å². The van der Waals surface area contributed by atoms with Gasteiger partial charge in [0.05, 0.1) is 31.7 Å². The third-order valence-electron chi connectivity index (χ3n) is 5.23. The molecule has 0 saturated carbocycles. The number of nitrogens with zero attached hydrogens (tertiary/aromatic N) is 5. The van der Waals surface area contributed by atoms with Crippen LogP contribution in [0.2, 0.25) is 0 Å². The number of hydrogen-bond donors (Lipinski definition) is 2. The first-order chi connectivity index (χ1) is 14.3. The minimum atomic E-state index is -0.618. The number of anilines is 3. The van der Waals surface area contributed by atoms with E-state index in [2.05, 4.69) is 30.8 Å². The quantitative estimate of drug-likeness (QED) is 0.758. The molecular formula is C20H29N7O2S. The Morgan fingerprint density at radius 2 is 1.97 bits per heavy atom. The van der Waals surface area contributed by atoms with Gasteiger partial charge in [0.1, 0.15) is 5.75 Å². The topological polar surface area (TPSA) is 105 Å². The Balaban J connectivity index is 1.61. The Bertz CT molecular complexity index is 933. The Labute approximate surface area is 180 Å². The Hall–Kier alpha value is -2.56. The number of hydrazone groups is 1. The molecule has 1 aromatic carbocycles. The predicted molar refractivity (Wildman–Crippen MR) is 121 cm³/mol. The van der Waals surface area contributed by atoms with Gasteiger partial charge < -0.3 is 20.1 Å². The van der Waals surface area contributed by atoms with Crippen LogP contribution < -0.4 is 31.0 Å². The van der Waals surface area contributed by atoms with Gasteiger partial charge in [-0.1, -0.05) is 20.8 Å². The molecule has 1 fully saturated rings. The highest BCUT2D eigenvalue weighted by atomic mass is 32.1. The zero-order chi connectivity index (χ0) is 21.5. The lowest BCUT2D eigenvalue weighted by Crippen LogP contribution is -2.51. The summed E-state index contributed by atoms with van der Waals surface area (Å²) in [4.78, 5) is 8.75. The first kappa shape index (κ1) is 20.7. The molecule has 1 saturated heterocycles. The van der Waals surface area contributed by atoms with Gasteiger partial charge in [-0.2, -0.15) is 5.01 Å². The van der Waals surface area contributed by atoms with E-state index in [0.29, 0.717) is 16.8 Å². The lowest BCUT2D eigenvalue weighted by atomic mass is 9.93. The van der Waals surface area contributed by atoms with Crippen LogP contribution in [0.3, 0.4) is 0 Å². The molecule has 0 radical (unpaired) electrons. The number of guanidine groups is 1. The second-order valence-electron chi connectivity index (χ2n) is 8.31. The average molecular weight is 432 g/mol. The van der Waals surface area contributed by atoms with Crippen molar-refractivity contribution >= 4 is 33.8 Å². The van der Waals surface area contributed by atoms with Crippen LogP contribution >= 0.6 is 11.3 Å². The second kappa shape index (κ2) is 7.93. The first-order valence-corrected chi connectivity index (χ1v) is 10.8.